The smallest absolute Gasteiger partial charge is 0.162 e. The van der Waals surface area contributed by atoms with Crippen LogP contribution in [0.1, 0.15) is 15.4 Å². The van der Waals surface area contributed by atoms with Crippen LogP contribution in [-0.2, 0) is 11.3 Å². The summed E-state index contributed by atoms with van der Waals surface area (Å²) < 4.78 is 5.06. The van der Waals surface area contributed by atoms with Crippen LogP contribution in [0, 0.1) is 13.8 Å². The monoisotopic (exact) mass is 268 g/mol. The molecule has 0 aliphatic rings. The molecule has 0 aromatic carbocycles. The minimum absolute atomic E-state index is 0.442. The molecule has 0 fully saturated rings. The molecule has 90 valence electrons. The number of nitrogens with zero attached hydrogens (tertiary/aromatic N) is 2. The molecule has 0 aliphatic carbocycles. The van der Waals surface area contributed by atoms with Gasteiger partial charge in [0, 0.05) is 22.4 Å². The van der Waals surface area contributed by atoms with Crippen molar-refractivity contribution in [2.24, 2.45) is 0 Å². The van der Waals surface area contributed by atoms with E-state index in [9.17, 15) is 0 Å². The van der Waals surface area contributed by atoms with Crippen molar-refractivity contribution in [3.63, 3.8) is 0 Å². The van der Waals surface area contributed by atoms with Gasteiger partial charge < -0.3 is 4.74 Å². The first kappa shape index (κ1) is 12.5. The standard InChI is InChI=1S/C12H13ClN2OS/c1-7-4-10(8(2)17-7)12-14-9(6-16-3)5-11(13)15-12/h4-5H,6H2,1-3H3. The normalized spacial score (nSPS) is 10.8. The van der Waals surface area contributed by atoms with Crippen LogP contribution >= 0.6 is 22.9 Å². The first-order valence-corrected chi connectivity index (χ1v) is 6.39. The Morgan fingerprint density at radius 3 is 2.65 bits per heavy atom. The predicted octanol–water partition coefficient (Wildman–Crippen LogP) is 3.62. The highest BCUT2D eigenvalue weighted by atomic mass is 35.5. The first-order chi connectivity index (χ1) is 8.10. The maximum Gasteiger partial charge on any atom is 0.162 e. The molecule has 0 unspecified atom stereocenters. The number of methoxy groups -OCH3 is 1. The van der Waals surface area contributed by atoms with E-state index in [2.05, 4.69) is 29.9 Å². The number of halogens is 1. The van der Waals surface area contributed by atoms with Crippen molar-refractivity contribution < 1.29 is 4.74 Å². The van der Waals surface area contributed by atoms with Gasteiger partial charge in [0.25, 0.3) is 0 Å². The molecule has 2 aromatic heterocycles. The predicted molar refractivity (Wildman–Crippen MR) is 70.5 cm³/mol. The Labute approximate surface area is 109 Å². The Hall–Kier alpha value is -0.970. The van der Waals surface area contributed by atoms with Crippen molar-refractivity contribution in [1.82, 2.24) is 9.97 Å². The van der Waals surface area contributed by atoms with Gasteiger partial charge >= 0.3 is 0 Å². The lowest BCUT2D eigenvalue weighted by molar-refractivity contribution is 0.181. The summed E-state index contributed by atoms with van der Waals surface area (Å²) in [5.74, 6) is 0.673. The molecule has 2 heterocycles. The molecular weight excluding hydrogens is 256 g/mol. The third kappa shape index (κ3) is 2.83. The molecule has 3 nitrogen and oxygen atoms in total. The molecule has 0 amide bonds. The van der Waals surface area contributed by atoms with E-state index in [1.54, 1.807) is 24.5 Å². The fourth-order valence-electron chi connectivity index (χ4n) is 1.66. The van der Waals surface area contributed by atoms with Crippen LogP contribution in [0.25, 0.3) is 11.4 Å². The Bertz CT molecular complexity index is 539. The molecule has 0 saturated heterocycles. The molecule has 0 radical (unpaired) electrons. The van der Waals surface area contributed by atoms with Gasteiger partial charge in [-0.25, -0.2) is 9.97 Å². The van der Waals surface area contributed by atoms with Crippen LogP contribution in [-0.4, -0.2) is 17.1 Å². The van der Waals surface area contributed by atoms with Gasteiger partial charge in [-0.3, -0.25) is 0 Å². The summed E-state index contributed by atoms with van der Waals surface area (Å²) in [5, 5.41) is 0.449. The summed E-state index contributed by atoms with van der Waals surface area (Å²) in [6, 6.07) is 3.81. The molecular formula is C12H13ClN2OS. The quantitative estimate of drug-likeness (QED) is 0.798. The number of hydrogen-bond acceptors (Lipinski definition) is 4. The van der Waals surface area contributed by atoms with Crippen molar-refractivity contribution in [2.45, 2.75) is 20.5 Å². The van der Waals surface area contributed by atoms with Crippen molar-refractivity contribution >= 4 is 22.9 Å². The van der Waals surface area contributed by atoms with Crippen LogP contribution in [0.5, 0.6) is 0 Å². The highest BCUT2D eigenvalue weighted by Gasteiger charge is 2.10. The number of ether oxygens (including phenoxy) is 1. The molecule has 0 N–H and O–H groups in total. The van der Waals surface area contributed by atoms with E-state index in [4.69, 9.17) is 16.3 Å². The number of hydrogen-bond donors (Lipinski definition) is 0. The van der Waals surface area contributed by atoms with Gasteiger partial charge in [-0.1, -0.05) is 11.6 Å². The van der Waals surface area contributed by atoms with E-state index in [0.717, 1.165) is 11.3 Å². The van der Waals surface area contributed by atoms with Crippen molar-refractivity contribution in [1.29, 1.82) is 0 Å². The second-order valence-electron chi connectivity index (χ2n) is 3.77. The van der Waals surface area contributed by atoms with Gasteiger partial charge in [-0.05, 0) is 26.0 Å². The first-order valence-electron chi connectivity index (χ1n) is 5.20. The Morgan fingerprint density at radius 1 is 1.29 bits per heavy atom. The fourth-order valence-corrected chi connectivity index (χ4v) is 2.79. The van der Waals surface area contributed by atoms with E-state index in [-0.39, 0.29) is 0 Å². The molecule has 0 atom stereocenters. The fraction of sp³-hybridized carbons (Fsp3) is 0.333. The average Bonchev–Trinajstić information content (AvgIpc) is 2.57. The minimum atomic E-state index is 0.442. The van der Waals surface area contributed by atoms with E-state index in [1.807, 2.05) is 0 Å². The lowest BCUT2D eigenvalue weighted by Crippen LogP contribution is -1.97. The van der Waals surface area contributed by atoms with Gasteiger partial charge in [0.1, 0.15) is 5.15 Å². The summed E-state index contributed by atoms with van der Waals surface area (Å²) in [6.07, 6.45) is 0. The van der Waals surface area contributed by atoms with Gasteiger partial charge in [0.15, 0.2) is 5.82 Å². The van der Waals surface area contributed by atoms with E-state index < -0.39 is 0 Å². The van der Waals surface area contributed by atoms with Crippen LogP contribution in [0.3, 0.4) is 0 Å². The second-order valence-corrected chi connectivity index (χ2v) is 5.61. The van der Waals surface area contributed by atoms with Crippen LogP contribution in [0.2, 0.25) is 5.15 Å². The lowest BCUT2D eigenvalue weighted by Gasteiger charge is -2.04. The Morgan fingerprint density at radius 2 is 2.06 bits per heavy atom. The maximum atomic E-state index is 5.99. The summed E-state index contributed by atoms with van der Waals surface area (Å²) in [6.45, 7) is 4.58. The summed E-state index contributed by atoms with van der Waals surface area (Å²) in [7, 11) is 1.63. The number of aryl methyl sites for hydroxylation is 2. The number of aromatic nitrogens is 2. The molecule has 5 heteroatoms. The molecule has 2 aromatic rings. The highest BCUT2D eigenvalue weighted by molar-refractivity contribution is 7.12. The molecule has 2 rings (SSSR count). The average molecular weight is 269 g/mol. The molecule has 0 spiro atoms. The summed E-state index contributed by atoms with van der Waals surface area (Å²) >= 11 is 7.73. The van der Waals surface area contributed by atoms with Gasteiger partial charge in [0.2, 0.25) is 0 Å². The van der Waals surface area contributed by atoms with Crippen molar-refractivity contribution in [3.8, 4) is 11.4 Å². The van der Waals surface area contributed by atoms with Gasteiger partial charge in [-0.2, -0.15) is 0 Å². The van der Waals surface area contributed by atoms with Crippen molar-refractivity contribution in [2.75, 3.05) is 7.11 Å². The second kappa shape index (κ2) is 5.12. The third-order valence-corrected chi connectivity index (χ3v) is 3.48. The minimum Gasteiger partial charge on any atom is -0.378 e. The van der Waals surface area contributed by atoms with E-state index in [0.29, 0.717) is 17.6 Å². The Balaban J connectivity index is 2.48. The molecule has 17 heavy (non-hydrogen) atoms. The van der Waals surface area contributed by atoms with Gasteiger partial charge in [-0.15, -0.1) is 11.3 Å². The highest BCUT2D eigenvalue weighted by Crippen LogP contribution is 2.29. The number of thiophene rings is 1. The third-order valence-electron chi connectivity index (χ3n) is 2.32. The zero-order chi connectivity index (χ0) is 12.4. The summed E-state index contributed by atoms with van der Waals surface area (Å²) in [4.78, 5) is 11.2. The Kier molecular flexibility index (Phi) is 3.76. The van der Waals surface area contributed by atoms with Crippen molar-refractivity contribution in [3.05, 3.63) is 32.7 Å². The zero-order valence-electron chi connectivity index (χ0n) is 9.95. The lowest BCUT2D eigenvalue weighted by atomic mass is 10.2. The van der Waals surface area contributed by atoms with Crippen LogP contribution in [0.4, 0.5) is 0 Å². The van der Waals surface area contributed by atoms with Crippen LogP contribution < -0.4 is 0 Å². The van der Waals surface area contributed by atoms with E-state index >= 15 is 0 Å². The topological polar surface area (TPSA) is 35.0 Å². The van der Waals surface area contributed by atoms with Gasteiger partial charge in [0.05, 0.1) is 12.3 Å². The number of rotatable bonds is 3. The molecule has 0 bridgehead atoms. The molecule has 0 saturated carbocycles. The van der Waals surface area contributed by atoms with E-state index in [1.165, 1.54) is 9.75 Å². The largest absolute Gasteiger partial charge is 0.378 e. The molecule has 0 aliphatic heterocycles. The SMILES string of the molecule is COCc1cc(Cl)nc(-c2cc(C)sc2C)n1. The maximum absolute atomic E-state index is 5.99. The van der Waals surface area contributed by atoms with Crippen LogP contribution in [0.15, 0.2) is 12.1 Å². The summed E-state index contributed by atoms with van der Waals surface area (Å²) in [5.41, 5.74) is 1.85. The zero-order valence-corrected chi connectivity index (χ0v) is 11.5.